The Morgan fingerprint density at radius 3 is 2.62 bits per heavy atom. The lowest BCUT2D eigenvalue weighted by Gasteiger charge is -2.39. The van der Waals surface area contributed by atoms with Gasteiger partial charge in [-0.2, -0.15) is 0 Å². The van der Waals surface area contributed by atoms with Crippen LogP contribution in [0.5, 0.6) is 5.75 Å². The predicted molar refractivity (Wildman–Crippen MR) is 72.7 cm³/mol. The molecule has 3 rings (SSSR count). The third-order valence-electron chi connectivity index (χ3n) is 3.64. The van der Waals surface area contributed by atoms with Crippen molar-refractivity contribution in [3.05, 3.63) is 30.5 Å². The third-order valence-corrected chi connectivity index (χ3v) is 3.64. The lowest BCUT2D eigenvalue weighted by molar-refractivity contribution is -0.277. The molecule has 5 N–H and O–H groups in total. The van der Waals surface area contributed by atoms with Gasteiger partial charge >= 0.3 is 0 Å². The largest absolute Gasteiger partial charge is 0.460 e. The number of hydrogen-bond acceptors (Lipinski definition) is 6. The van der Waals surface area contributed by atoms with Crippen molar-refractivity contribution >= 4 is 10.9 Å². The van der Waals surface area contributed by atoms with E-state index in [0.717, 1.165) is 10.9 Å². The Kier molecular flexibility index (Phi) is 3.83. The molecule has 1 fully saturated rings. The number of ether oxygens (including phenoxy) is 2. The molecule has 0 aliphatic carbocycles. The summed E-state index contributed by atoms with van der Waals surface area (Å²) in [5, 5.41) is 39.3. The minimum absolute atomic E-state index is 0.454. The topological polar surface area (TPSA) is 115 Å². The molecule has 2 heterocycles. The highest BCUT2D eigenvalue weighted by Gasteiger charge is 2.44. The smallest absolute Gasteiger partial charge is 0.229 e. The Morgan fingerprint density at radius 2 is 1.86 bits per heavy atom. The van der Waals surface area contributed by atoms with Crippen LogP contribution in [0.3, 0.4) is 0 Å². The second-order valence-electron chi connectivity index (χ2n) is 5.01. The molecule has 0 radical (unpaired) electrons. The quantitative estimate of drug-likeness (QED) is 0.514. The van der Waals surface area contributed by atoms with Gasteiger partial charge in [0.1, 0.15) is 30.2 Å². The number of rotatable bonds is 3. The second-order valence-corrected chi connectivity index (χ2v) is 5.01. The van der Waals surface area contributed by atoms with Crippen molar-refractivity contribution in [2.75, 3.05) is 6.61 Å². The molecule has 7 nitrogen and oxygen atoms in total. The van der Waals surface area contributed by atoms with Crippen molar-refractivity contribution in [2.45, 2.75) is 30.7 Å². The maximum absolute atomic E-state index is 9.94. The minimum atomic E-state index is -1.45. The van der Waals surface area contributed by atoms with Gasteiger partial charge in [-0.25, -0.2) is 0 Å². The molecular weight excluding hydrogens is 278 g/mol. The van der Waals surface area contributed by atoms with E-state index in [1.54, 1.807) is 6.20 Å². The average molecular weight is 295 g/mol. The summed E-state index contributed by atoms with van der Waals surface area (Å²) < 4.78 is 10.9. The number of aromatic nitrogens is 1. The molecule has 2 aromatic rings. The number of fused-ring (bicyclic) bond motifs is 1. The summed E-state index contributed by atoms with van der Waals surface area (Å²) in [6.45, 7) is -0.487. The Hall–Kier alpha value is -1.64. The van der Waals surface area contributed by atoms with Gasteiger partial charge in [-0.1, -0.05) is 12.1 Å². The number of para-hydroxylation sites is 1. The summed E-state index contributed by atoms with van der Waals surface area (Å²) in [7, 11) is 0. The first-order valence-electron chi connectivity index (χ1n) is 6.65. The van der Waals surface area contributed by atoms with E-state index in [4.69, 9.17) is 14.6 Å². The summed E-state index contributed by atoms with van der Waals surface area (Å²) in [4.78, 5) is 3.01. The molecule has 2 unspecified atom stereocenters. The highest BCUT2D eigenvalue weighted by Crippen LogP contribution is 2.29. The molecule has 1 aromatic heterocycles. The fraction of sp³-hybridized carbons (Fsp3) is 0.429. The van der Waals surface area contributed by atoms with Gasteiger partial charge in [0.15, 0.2) is 0 Å². The summed E-state index contributed by atoms with van der Waals surface area (Å²) >= 11 is 0. The normalized spacial score (nSPS) is 33.2. The molecule has 1 saturated heterocycles. The Balaban J connectivity index is 1.83. The van der Waals surface area contributed by atoms with Crippen LogP contribution in [0, 0.1) is 0 Å². The molecule has 1 aliphatic rings. The van der Waals surface area contributed by atoms with Gasteiger partial charge in [0.25, 0.3) is 0 Å². The van der Waals surface area contributed by atoms with E-state index in [9.17, 15) is 15.3 Å². The van der Waals surface area contributed by atoms with E-state index in [2.05, 4.69) is 4.98 Å². The lowest BCUT2D eigenvalue weighted by atomic mass is 9.99. The first kappa shape index (κ1) is 14.3. The fourth-order valence-electron chi connectivity index (χ4n) is 2.43. The van der Waals surface area contributed by atoms with Crippen molar-refractivity contribution in [2.24, 2.45) is 0 Å². The van der Waals surface area contributed by atoms with E-state index in [1.807, 2.05) is 24.3 Å². The van der Waals surface area contributed by atoms with Crippen LogP contribution in [-0.4, -0.2) is 62.7 Å². The highest BCUT2D eigenvalue weighted by atomic mass is 16.7. The van der Waals surface area contributed by atoms with Crippen molar-refractivity contribution < 1.29 is 29.9 Å². The molecule has 21 heavy (non-hydrogen) atoms. The van der Waals surface area contributed by atoms with E-state index in [0.29, 0.717) is 5.75 Å². The standard InChI is InChI=1S/C14H17NO6/c16-6-10-11(17)12(18)13(19)14(21-10)20-9-5-15-8-4-2-1-3-7(8)9/h1-5,10-19H,6H2/t10?,11-,12-,13?,14-/m1/s1. The van der Waals surface area contributed by atoms with Gasteiger partial charge in [0.2, 0.25) is 6.29 Å². The van der Waals surface area contributed by atoms with Crippen molar-refractivity contribution in [3.8, 4) is 5.75 Å². The summed E-state index contributed by atoms with van der Waals surface area (Å²) in [6, 6.07) is 7.42. The van der Waals surface area contributed by atoms with Crippen molar-refractivity contribution in [3.63, 3.8) is 0 Å². The summed E-state index contributed by atoms with van der Waals surface area (Å²) in [5.74, 6) is 0.454. The zero-order chi connectivity index (χ0) is 15.0. The molecule has 0 bridgehead atoms. The van der Waals surface area contributed by atoms with Crippen molar-refractivity contribution in [1.82, 2.24) is 4.98 Å². The minimum Gasteiger partial charge on any atom is -0.460 e. The van der Waals surface area contributed by atoms with Crippen LogP contribution in [0.4, 0.5) is 0 Å². The molecule has 0 saturated carbocycles. The van der Waals surface area contributed by atoms with E-state index < -0.39 is 37.3 Å². The number of hydrogen-bond donors (Lipinski definition) is 5. The third kappa shape index (κ3) is 2.50. The number of aromatic amines is 1. The van der Waals surface area contributed by atoms with Gasteiger partial charge in [0, 0.05) is 17.1 Å². The van der Waals surface area contributed by atoms with Crippen LogP contribution in [-0.2, 0) is 4.74 Å². The average Bonchev–Trinajstić information content (AvgIpc) is 2.91. The lowest BCUT2D eigenvalue weighted by Crippen LogP contribution is -2.60. The maximum Gasteiger partial charge on any atom is 0.229 e. The number of aliphatic hydroxyl groups is 4. The highest BCUT2D eigenvalue weighted by molar-refractivity contribution is 5.85. The van der Waals surface area contributed by atoms with Gasteiger partial charge in [0.05, 0.1) is 6.61 Å². The van der Waals surface area contributed by atoms with Crippen LogP contribution in [0.1, 0.15) is 0 Å². The number of nitrogens with one attached hydrogen (secondary N) is 1. The molecule has 1 aromatic carbocycles. The zero-order valence-corrected chi connectivity index (χ0v) is 11.1. The molecule has 5 atom stereocenters. The molecular formula is C14H17NO6. The molecule has 7 heteroatoms. The molecule has 0 amide bonds. The van der Waals surface area contributed by atoms with Crippen molar-refractivity contribution in [1.29, 1.82) is 0 Å². The Morgan fingerprint density at radius 1 is 1.10 bits per heavy atom. The summed E-state index contributed by atoms with van der Waals surface area (Å²) in [5.41, 5.74) is 0.858. The number of aliphatic hydroxyl groups excluding tert-OH is 4. The Bertz CT molecular complexity index is 612. The van der Waals surface area contributed by atoms with Crippen LogP contribution < -0.4 is 4.74 Å². The first-order chi connectivity index (χ1) is 10.1. The van der Waals surface area contributed by atoms with E-state index >= 15 is 0 Å². The predicted octanol–water partition coefficient (Wildman–Crippen LogP) is -0.653. The first-order valence-corrected chi connectivity index (χ1v) is 6.65. The van der Waals surface area contributed by atoms with Crippen LogP contribution >= 0.6 is 0 Å². The maximum atomic E-state index is 9.94. The number of benzene rings is 1. The van der Waals surface area contributed by atoms with E-state index in [-0.39, 0.29) is 0 Å². The fourth-order valence-corrected chi connectivity index (χ4v) is 2.43. The SMILES string of the molecule is OCC1O[C@@H](Oc2c[nH]c3ccccc23)C(O)[C@H](O)[C@@H]1O. The van der Waals surface area contributed by atoms with Gasteiger partial charge in [-0.05, 0) is 12.1 Å². The molecule has 114 valence electrons. The van der Waals surface area contributed by atoms with Crippen LogP contribution in [0.2, 0.25) is 0 Å². The van der Waals surface area contributed by atoms with Crippen LogP contribution in [0.15, 0.2) is 30.5 Å². The van der Waals surface area contributed by atoms with Gasteiger partial charge < -0.3 is 34.9 Å². The van der Waals surface area contributed by atoms with E-state index in [1.165, 1.54) is 0 Å². The monoisotopic (exact) mass is 295 g/mol. The summed E-state index contributed by atoms with van der Waals surface area (Å²) in [6.07, 6.45) is -4.82. The number of H-pyrrole nitrogens is 1. The molecule has 1 aliphatic heterocycles. The van der Waals surface area contributed by atoms with Crippen LogP contribution in [0.25, 0.3) is 10.9 Å². The Labute approximate surface area is 120 Å². The van der Waals surface area contributed by atoms with Gasteiger partial charge in [-0.3, -0.25) is 0 Å². The second kappa shape index (κ2) is 5.63. The molecule has 0 spiro atoms. The van der Waals surface area contributed by atoms with Gasteiger partial charge in [-0.15, -0.1) is 0 Å². The zero-order valence-electron chi connectivity index (χ0n) is 11.1.